The van der Waals surface area contributed by atoms with Gasteiger partial charge in [-0.25, -0.2) is 0 Å². The molecule has 1 fully saturated rings. The van der Waals surface area contributed by atoms with Crippen LogP contribution in [0.15, 0.2) is 18.5 Å². The second-order valence-electron chi connectivity index (χ2n) is 5.96. The first kappa shape index (κ1) is 15.8. The van der Waals surface area contributed by atoms with Crippen molar-refractivity contribution in [1.29, 1.82) is 0 Å². The first-order valence-electron chi connectivity index (χ1n) is 7.80. The van der Waals surface area contributed by atoms with Crippen molar-refractivity contribution in [2.24, 2.45) is 5.92 Å². The minimum atomic E-state index is 0.0893. The zero-order valence-corrected chi connectivity index (χ0v) is 13.3. The number of carbonyl (C=O) groups excluding carboxylic acids is 1. The van der Waals surface area contributed by atoms with Crippen molar-refractivity contribution in [2.75, 3.05) is 44.6 Å². The SMILES string of the molecule is CCN1CCN(C(=O)c2cncc(NCC(C)C)c2)CC1. The molecule has 5 heteroatoms. The summed E-state index contributed by atoms with van der Waals surface area (Å²) >= 11 is 0. The standard InChI is InChI=1S/C16H26N4O/c1-4-19-5-7-20(8-6-19)16(21)14-9-15(12-17-11-14)18-10-13(2)3/h9,11-13,18H,4-8,10H2,1-3H3. The first-order chi connectivity index (χ1) is 10.1. The third kappa shape index (κ3) is 4.43. The highest BCUT2D eigenvalue weighted by Gasteiger charge is 2.21. The van der Waals surface area contributed by atoms with E-state index in [4.69, 9.17) is 0 Å². The molecular formula is C16H26N4O. The van der Waals surface area contributed by atoms with E-state index in [1.165, 1.54) is 0 Å². The minimum Gasteiger partial charge on any atom is -0.384 e. The summed E-state index contributed by atoms with van der Waals surface area (Å²) in [5.74, 6) is 0.651. The van der Waals surface area contributed by atoms with Gasteiger partial charge in [0.05, 0.1) is 11.3 Å². The van der Waals surface area contributed by atoms with Gasteiger partial charge in [-0.1, -0.05) is 20.8 Å². The number of pyridine rings is 1. The van der Waals surface area contributed by atoms with Gasteiger partial charge < -0.3 is 15.1 Å². The summed E-state index contributed by atoms with van der Waals surface area (Å²) in [5.41, 5.74) is 1.59. The molecule has 0 aromatic carbocycles. The summed E-state index contributed by atoms with van der Waals surface area (Å²) in [7, 11) is 0. The van der Waals surface area contributed by atoms with Gasteiger partial charge >= 0.3 is 0 Å². The average molecular weight is 290 g/mol. The monoisotopic (exact) mass is 290 g/mol. The molecule has 2 rings (SSSR count). The van der Waals surface area contributed by atoms with Crippen LogP contribution >= 0.6 is 0 Å². The second-order valence-corrected chi connectivity index (χ2v) is 5.96. The summed E-state index contributed by atoms with van der Waals surface area (Å²) in [6.07, 6.45) is 3.43. The lowest BCUT2D eigenvalue weighted by atomic mass is 10.2. The van der Waals surface area contributed by atoms with E-state index in [2.05, 4.69) is 36.0 Å². The molecule has 1 amide bonds. The van der Waals surface area contributed by atoms with Gasteiger partial charge in [0.15, 0.2) is 0 Å². The smallest absolute Gasteiger partial charge is 0.255 e. The third-order valence-corrected chi connectivity index (χ3v) is 3.81. The van der Waals surface area contributed by atoms with Gasteiger partial charge in [-0.05, 0) is 18.5 Å². The van der Waals surface area contributed by atoms with E-state index >= 15 is 0 Å². The lowest BCUT2D eigenvalue weighted by Gasteiger charge is -2.34. The van der Waals surface area contributed by atoms with Crippen molar-refractivity contribution in [3.63, 3.8) is 0 Å². The van der Waals surface area contributed by atoms with Crippen molar-refractivity contribution in [1.82, 2.24) is 14.8 Å². The number of rotatable bonds is 5. The fourth-order valence-electron chi connectivity index (χ4n) is 2.43. The number of nitrogens with zero attached hydrogens (tertiary/aromatic N) is 3. The van der Waals surface area contributed by atoms with Crippen LogP contribution in [0.3, 0.4) is 0 Å². The van der Waals surface area contributed by atoms with Crippen LogP contribution in [-0.4, -0.2) is 60.0 Å². The number of likely N-dealkylation sites (N-methyl/N-ethyl adjacent to an activating group) is 1. The van der Waals surface area contributed by atoms with E-state index in [0.29, 0.717) is 11.5 Å². The highest BCUT2D eigenvalue weighted by atomic mass is 16.2. The van der Waals surface area contributed by atoms with Gasteiger partial charge in [0, 0.05) is 45.1 Å². The topological polar surface area (TPSA) is 48.5 Å². The van der Waals surface area contributed by atoms with Gasteiger partial charge in [0.1, 0.15) is 0 Å². The van der Waals surface area contributed by atoms with Crippen molar-refractivity contribution in [3.05, 3.63) is 24.0 Å². The second kappa shape index (κ2) is 7.41. The molecule has 0 unspecified atom stereocenters. The number of carbonyl (C=O) groups is 1. The van der Waals surface area contributed by atoms with Gasteiger partial charge in [-0.3, -0.25) is 9.78 Å². The molecule has 1 aromatic heterocycles. The molecule has 21 heavy (non-hydrogen) atoms. The number of nitrogens with one attached hydrogen (secondary N) is 1. The Morgan fingerprint density at radius 3 is 2.62 bits per heavy atom. The molecule has 0 bridgehead atoms. The number of piperazine rings is 1. The Morgan fingerprint density at radius 2 is 2.00 bits per heavy atom. The highest BCUT2D eigenvalue weighted by Crippen LogP contribution is 2.13. The van der Waals surface area contributed by atoms with Crippen LogP contribution in [-0.2, 0) is 0 Å². The molecule has 1 aromatic rings. The molecule has 1 N–H and O–H groups in total. The molecule has 0 saturated carbocycles. The van der Waals surface area contributed by atoms with E-state index in [1.807, 2.05) is 11.0 Å². The van der Waals surface area contributed by atoms with Crippen molar-refractivity contribution in [3.8, 4) is 0 Å². The van der Waals surface area contributed by atoms with Crippen LogP contribution in [0.5, 0.6) is 0 Å². The predicted molar refractivity (Wildman–Crippen MR) is 85.6 cm³/mol. The minimum absolute atomic E-state index is 0.0893. The molecule has 0 atom stereocenters. The summed E-state index contributed by atoms with van der Waals surface area (Å²) in [4.78, 5) is 21.0. The Kier molecular flexibility index (Phi) is 5.56. The van der Waals surface area contributed by atoms with Crippen LogP contribution in [0, 0.1) is 5.92 Å². The Balaban J connectivity index is 1.97. The Hall–Kier alpha value is -1.62. The fourth-order valence-corrected chi connectivity index (χ4v) is 2.43. The van der Waals surface area contributed by atoms with Gasteiger partial charge in [0.2, 0.25) is 0 Å². The van der Waals surface area contributed by atoms with E-state index in [9.17, 15) is 4.79 Å². The van der Waals surface area contributed by atoms with Crippen molar-refractivity contribution in [2.45, 2.75) is 20.8 Å². The first-order valence-corrected chi connectivity index (χ1v) is 7.80. The van der Waals surface area contributed by atoms with Crippen molar-refractivity contribution < 1.29 is 4.79 Å². The molecule has 0 aliphatic carbocycles. The lowest BCUT2D eigenvalue weighted by Crippen LogP contribution is -2.48. The molecule has 0 radical (unpaired) electrons. The van der Waals surface area contributed by atoms with E-state index in [-0.39, 0.29) is 5.91 Å². The molecule has 5 nitrogen and oxygen atoms in total. The van der Waals surface area contributed by atoms with Crippen LogP contribution in [0.4, 0.5) is 5.69 Å². The van der Waals surface area contributed by atoms with E-state index < -0.39 is 0 Å². The van der Waals surface area contributed by atoms with Crippen LogP contribution in [0.2, 0.25) is 0 Å². The maximum Gasteiger partial charge on any atom is 0.255 e. The molecule has 116 valence electrons. The number of hydrogen-bond donors (Lipinski definition) is 1. The summed E-state index contributed by atoms with van der Waals surface area (Å²) < 4.78 is 0. The maximum atomic E-state index is 12.5. The maximum absolute atomic E-state index is 12.5. The highest BCUT2D eigenvalue weighted by molar-refractivity contribution is 5.94. The molecule has 1 aliphatic heterocycles. The summed E-state index contributed by atoms with van der Waals surface area (Å²) in [6.45, 7) is 11.9. The van der Waals surface area contributed by atoms with E-state index in [1.54, 1.807) is 12.4 Å². The third-order valence-electron chi connectivity index (χ3n) is 3.81. The number of amides is 1. The van der Waals surface area contributed by atoms with Crippen LogP contribution in [0.1, 0.15) is 31.1 Å². The van der Waals surface area contributed by atoms with Crippen LogP contribution in [0.25, 0.3) is 0 Å². The van der Waals surface area contributed by atoms with Gasteiger partial charge in [-0.15, -0.1) is 0 Å². The molecule has 0 spiro atoms. The lowest BCUT2D eigenvalue weighted by molar-refractivity contribution is 0.0643. The number of aromatic nitrogens is 1. The van der Waals surface area contributed by atoms with Gasteiger partial charge in [0.25, 0.3) is 5.91 Å². The predicted octanol–water partition coefficient (Wildman–Crippen LogP) is 1.93. The average Bonchev–Trinajstić information content (AvgIpc) is 2.52. The van der Waals surface area contributed by atoms with E-state index in [0.717, 1.165) is 45.0 Å². The summed E-state index contributed by atoms with van der Waals surface area (Å²) in [6, 6.07) is 1.91. The normalized spacial score (nSPS) is 16.3. The number of anilines is 1. The van der Waals surface area contributed by atoms with Crippen molar-refractivity contribution >= 4 is 11.6 Å². The molecular weight excluding hydrogens is 264 g/mol. The Bertz CT molecular complexity index is 467. The summed E-state index contributed by atoms with van der Waals surface area (Å²) in [5, 5.41) is 3.32. The number of hydrogen-bond acceptors (Lipinski definition) is 4. The molecule has 1 aliphatic rings. The van der Waals surface area contributed by atoms with Crippen LogP contribution < -0.4 is 5.32 Å². The largest absolute Gasteiger partial charge is 0.384 e. The Morgan fingerprint density at radius 1 is 1.29 bits per heavy atom. The zero-order valence-electron chi connectivity index (χ0n) is 13.3. The molecule has 2 heterocycles. The zero-order chi connectivity index (χ0) is 15.2. The van der Waals surface area contributed by atoms with Gasteiger partial charge in [-0.2, -0.15) is 0 Å². The fraction of sp³-hybridized carbons (Fsp3) is 0.625. The Labute approximate surface area is 127 Å². The molecule has 1 saturated heterocycles. The quantitative estimate of drug-likeness (QED) is 0.900.